The number of amides is 1. The molecule has 0 bridgehead atoms. The third-order valence-electron chi connectivity index (χ3n) is 2.45. The van der Waals surface area contributed by atoms with Crippen molar-refractivity contribution in [2.24, 2.45) is 0 Å². The van der Waals surface area contributed by atoms with Gasteiger partial charge in [0.2, 0.25) is 0 Å². The number of hydrogen-bond donors (Lipinski definition) is 1. The molecule has 1 aromatic rings. The number of carbonyl (C=O) groups is 2. The van der Waals surface area contributed by atoms with Gasteiger partial charge in [-0.2, -0.15) is 0 Å². The molecule has 1 aliphatic rings. The van der Waals surface area contributed by atoms with Gasteiger partial charge in [0, 0.05) is 0 Å². The number of carboxylic acids is 1. The minimum absolute atomic E-state index is 0.197. The second kappa shape index (κ2) is 4.80. The van der Waals surface area contributed by atoms with Crippen LogP contribution in [0.25, 0.3) is 0 Å². The van der Waals surface area contributed by atoms with E-state index in [1.165, 1.54) is 21.8 Å². The zero-order valence-electron chi connectivity index (χ0n) is 9.00. The van der Waals surface area contributed by atoms with Gasteiger partial charge in [-0.1, -0.05) is 0 Å². The van der Waals surface area contributed by atoms with Gasteiger partial charge in [0.15, 0.2) is 0 Å². The van der Waals surface area contributed by atoms with Crippen LogP contribution in [-0.4, -0.2) is 47.0 Å². The van der Waals surface area contributed by atoms with Crippen LogP contribution < -0.4 is 9.64 Å². The van der Waals surface area contributed by atoms with Gasteiger partial charge in [-0.3, -0.25) is 0 Å². The van der Waals surface area contributed by atoms with E-state index in [9.17, 15) is 9.59 Å². The van der Waals surface area contributed by atoms with Crippen molar-refractivity contribution in [2.45, 2.75) is 4.71 Å². The molecular formula is C11H12AsNO4. The molecule has 2 rings (SSSR count). The van der Waals surface area contributed by atoms with Crippen molar-refractivity contribution in [3.8, 4) is 5.75 Å². The number of aliphatic carboxylic acids is 1. The van der Waals surface area contributed by atoms with Crippen LogP contribution in [-0.2, 0) is 9.59 Å². The molecule has 1 N–H and O–H groups in total. The molecule has 0 aliphatic carbocycles. The van der Waals surface area contributed by atoms with Crippen LogP contribution in [0.2, 0.25) is 4.71 Å². The number of ether oxygens (including phenoxy) is 1. The van der Waals surface area contributed by atoms with Gasteiger partial charge in [0.05, 0.1) is 0 Å². The number of para-hydroxylation sites is 2. The van der Waals surface area contributed by atoms with E-state index >= 15 is 0 Å². The van der Waals surface area contributed by atoms with Crippen molar-refractivity contribution in [3.05, 3.63) is 24.3 Å². The van der Waals surface area contributed by atoms with Gasteiger partial charge in [-0.25, -0.2) is 0 Å². The molecule has 0 saturated carbocycles. The number of carboxylic acid groups (broad SMARTS) is 1. The molecule has 0 radical (unpaired) electrons. The summed E-state index contributed by atoms with van der Waals surface area (Å²) in [6, 6.07) is 6.98. The first-order valence-electron chi connectivity index (χ1n) is 5.10. The number of benzene rings is 1. The van der Waals surface area contributed by atoms with E-state index in [4.69, 9.17) is 9.84 Å². The topological polar surface area (TPSA) is 66.8 Å². The van der Waals surface area contributed by atoms with Crippen LogP contribution in [0, 0.1) is 0 Å². The Morgan fingerprint density at radius 1 is 1.53 bits per heavy atom. The molecule has 0 aromatic heterocycles. The predicted molar refractivity (Wildman–Crippen MR) is 64.2 cm³/mol. The van der Waals surface area contributed by atoms with Crippen molar-refractivity contribution < 1.29 is 19.4 Å². The van der Waals surface area contributed by atoms with Crippen molar-refractivity contribution in [3.63, 3.8) is 0 Å². The fourth-order valence-electron chi connectivity index (χ4n) is 1.67. The monoisotopic (exact) mass is 297 g/mol. The third kappa shape index (κ3) is 2.44. The third-order valence-corrected chi connectivity index (χ3v) is 3.45. The Labute approximate surface area is 107 Å². The number of fused-ring (bicyclic) bond motifs is 1. The first kappa shape index (κ1) is 12.0. The average molecular weight is 297 g/mol. The molecule has 1 amide bonds. The summed E-state index contributed by atoms with van der Waals surface area (Å²) in [5.41, 5.74) is 0.528. The number of carbonyl (C=O) groups excluding carboxylic acids is 1. The summed E-state index contributed by atoms with van der Waals surface area (Å²) >= 11 is 1.24. The van der Waals surface area contributed by atoms with Crippen molar-refractivity contribution in [1.29, 1.82) is 0 Å². The molecule has 2 atom stereocenters. The van der Waals surface area contributed by atoms with Crippen molar-refractivity contribution in [2.75, 3.05) is 18.1 Å². The van der Waals surface area contributed by atoms with Gasteiger partial charge >= 0.3 is 107 Å². The van der Waals surface area contributed by atoms with E-state index in [1.54, 1.807) is 24.3 Å². The van der Waals surface area contributed by atoms with E-state index in [0.29, 0.717) is 18.0 Å². The predicted octanol–water partition coefficient (Wildman–Crippen LogP) is -0.0818. The first-order chi connectivity index (χ1) is 8.09. The number of nitrogens with zero attached hydrogens (tertiary/aromatic N) is 1. The summed E-state index contributed by atoms with van der Waals surface area (Å²) in [7, 11) is 0. The molecule has 2 unspecified atom stereocenters. The second-order valence-electron chi connectivity index (χ2n) is 3.70. The Morgan fingerprint density at radius 2 is 2.24 bits per heavy atom. The molecule has 1 aliphatic heterocycles. The van der Waals surface area contributed by atoms with Crippen molar-refractivity contribution >= 4 is 34.4 Å². The molecule has 0 fully saturated rings. The van der Waals surface area contributed by atoms with E-state index in [0.717, 1.165) is 0 Å². The molecule has 5 nitrogen and oxygen atoms in total. The van der Waals surface area contributed by atoms with Crippen LogP contribution in [0.5, 0.6) is 5.75 Å². The Balaban J connectivity index is 2.43. The normalized spacial score (nSPS) is 19.2. The average Bonchev–Trinajstić information content (AvgIpc) is 2.42. The van der Waals surface area contributed by atoms with Gasteiger partial charge in [0.25, 0.3) is 0 Å². The summed E-state index contributed by atoms with van der Waals surface area (Å²) in [4.78, 5) is 24.1. The van der Waals surface area contributed by atoms with E-state index in [2.05, 4.69) is 0 Å². The maximum atomic E-state index is 12.0. The summed E-state index contributed by atoms with van der Waals surface area (Å²) < 4.78 is 5.22. The van der Waals surface area contributed by atoms with Gasteiger partial charge in [-0.15, -0.1) is 0 Å². The molecule has 1 heterocycles. The van der Waals surface area contributed by atoms with Crippen molar-refractivity contribution in [1.82, 2.24) is 0 Å². The Kier molecular flexibility index (Phi) is 3.38. The Bertz CT molecular complexity index is 463. The van der Waals surface area contributed by atoms with Crippen LogP contribution in [0.4, 0.5) is 5.69 Å². The number of rotatable bonds is 2. The van der Waals surface area contributed by atoms with Gasteiger partial charge in [-0.05, 0) is 0 Å². The fourth-order valence-corrected chi connectivity index (χ4v) is 2.25. The first-order valence-corrected chi connectivity index (χ1v) is 6.50. The molecular weight excluding hydrogens is 285 g/mol. The van der Waals surface area contributed by atoms with Crippen LogP contribution in [0.15, 0.2) is 24.3 Å². The summed E-state index contributed by atoms with van der Waals surface area (Å²) in [6.07, 6.45) is 0. The SMILES string of the molecule is O=C(O)CN1C(=O)C([AsH2])COc2ccccc21. The number of anilines is 1. The van der Waals surface area contributed by atoms with Crippen LogP contribution in [0.1, 0.15) is 0 Å². The summed E-state index contributed by atoms with van der Waals surface area (Å²) in [5, 5.41) is 8.86. The van der Waals surface area contributed by atoms with Crippen LogP contribution >= 0.6 is 0 Å². The van der Waals surface area contributed by atoms with Gasteiger partial charge < -0.3 is 0 Å². The van der Waals surface area contributed by atoms with E-state index in [-0.39, 0.29) is 17.2 Å². The number of hydrogen-bond acceptors (Lipinski definition) is 3. The molecule has 0 saturated heterocycles. The van der Waals surface area contributed by atoms with E-state index < -0.39 is 5.97 Å². The molecule has 1 aromatic carbocycles. The Morgan fingerprint density at radius 3 is 2.94 bits per heavy atom. The molecule has 0 spiro atoms. The summed E-state index contributed by atoms with van der Waals surface area (Å²) in [5.74, 6) is -0.672. The maximum absolute atomic E-state index is 12.0. The van der Waals surface area contributed by atoms with Gasteiger partial charge in [0.1, 0.15) is 0 Å². The van der Waals surface area contributed by atoms with E-state index in [1.807, 2.05) is 0 Å². The molecule has 90 valence electrons. The fraction of sp³-hybridized carbons (Fsp3) is 0.273. The zero-order chi connectivity index (χ0) is 12.4. The molecule has 17 heavy (non-hydrogen) atoms. The standard InChI is InChI=1S/C11H12AsNO4/c12-7-6-17-9-4-2-1-3-8(9)13(11(7)16)5-10(14)15/h1-4,7H,5-6,12H2,(H,14,15). The Hall–Kier alpha value is -1.48. The quantitative estimate of drug-likeness (QED) is 0.775. The zero-order valence-corrected chi connectivity index (χ0v) is 11.4. The molecule has 6 heteroatoms. The second-order valence-corrected chi connectivity index (χ2v) is 5.39. The minimum atomic E-state index is -1.03. The van der Waals surface area contributed by atoms with Crippen LogP contribution in [0.3, 0.4) is 0 Å². The summed E-state index contributed by atoms with van der Waals surface area (Å²) in [6.45, 7) is -0.0361.